The van der Waals surface area contributed by atoms with Gasteiger partial charge in [-0.3, -0.25) is 9.59 Å². The van der Waals surface area contributed by atoms with E-state index in [0.29, 0.717) is 36.9 Å². The molecule has 11 heteroatoms. The van der Waals surface area contributed by atoms with E-state index >= 15 is 0 Å². The van der Waals surface area contributed by atoms with Crippen LogP contribution in [0.25, 0.3) is 0 Å². The van der Waals surface area contributed by atoms with Gasteiger partial charge in [-0.05, 0) is 37.3 Å². The van der Waals surface area contributed by atoms with Crippen molar-refractivity contribution < 1.29 is 37.0 Å². The number of anilines is 2. The van der Waals surface area contributed by atoms with Crippen molar-refractivity contribution in [1.29, 1.82) is 0 Å². The standard InChI is InChI=1S/C20H19F3N2O5S/c1-12(26)16-4-5-17(31-16)19(28)30-11-18(27)24-14-10-13(20(21,22)23)2-3-15(14)25-6-8-29-9-7-25/h2-5,10H,6-9,11H2,1H3,(H,24,27). The van der Waals surface area contributed by atoms with Gasteiger partial charge in [0.25, 0.3) is 5.91 Å². The molecule has 0 spiro atoms. The number of hydrogen-bond donors (Lipinski definition) is 1. The Morgan fingerprint density at radius 2 is 1.81 bits per heavy atom. The van der Waals surface area contributed by atoms with Gasteiger partial charge in [-0.15, -0.1) is 11.3 Å². The maximum Gasteiger partial charge on any atom is 0.416 e. The minimum Gasteiger partial charge on any atom is -0.451 e. The van der Waals surface area contributed by atoms with Gasteiger partial charge in [-0.2, -0.15) is 13.2 Å². The fourth-order valence-corrected chi connectivity index (χ4v) is 3.71. The van der Waals surface area contributed by atoms with Gasteiger partial charge >= 0.3 is 12.1 Å². The summed E-state index contributed by atoms with van der Waals surface area (Å²) in [6, 6.07) is 5.98. The molecule has 1 amide bonds. The lowest BCUT2D eigenvalue weighted by Crippen LogP contribution is -2.37. The molecule has 1 N–H and O–H groups in total. The summed E-state index contributed by atoms with van der Waals surface area (Å²) in [5.74, 6) is -1.79. The van der Waals surface area contributed by atoms with Crippen LogP contribution in [0.4, 0.5) is 24.5 Å². The van der Waals surface area contributed by atoms with Crippen LogP contribution in [-0.4, -0.2) is 50.6 Å². The van der Waals surface area contributed by atoms with Crippen LogP contribution in [-0.2, 0) is 20.4 Å². The fraction of sp³-hybridized carbons (Fsp3) is 0.350. The van der Waals surface area contributed by atoms with Gasteiger partial charge in [0.15, 0.2) is 12.4 Å². The number of ketones is 1. The zero-order valence-corrected chi connectivity index (χ0v) is 17.3. The molecule has 1 aromatic carbocycles. The SMILES string of the molecule is CC(=O)c1ccc(C(=O)OCC(=O)Nc2cc(C(F)(F)F)ccc2N2CCOCC2)s1. The van der Waals surface area contributed by atoms with Crippen LogP contribution < -0.4 is 10.2 Å². The fourth-order valence-electron chi connectivity index (χ4n) is 2.92. The van der Waals surface area contributed by atoms with Crippen LogP contribution >= 0.6 is 11.3 Å². The molecule has 0 atom stereocenters. The highest BCUT2D eigenvalue weighted by atomic mass is 32.1. The number of halogens is 3. The minimum absolute atomic E-state index is 0.0345. The first-order chi connectivity index (χ1) is 14.6. The maximum atomic E-state index is 13.1. The molecule has 0 saturated carbocycles. The molecule has 7 nitrogen and oxygen atoms in total. The number of benzene rings is 1. The molecule has 0 aliphatic carbocycles. The van der Waals surface area contributed by atoms with Crippen molar-refractivity contribution in [2.24, 2.45) is 0 Å². The molecule has 0 unspecified atom stereocenters. The van der Waals surface area contributed by atoms with Crippen LogP contribution in [0.15, 0.2) is 30.3 Å². The first-order valence-electron chi connectivity index (χ1n) is 9.27. The van der Waals surface area contributed by atoms with Crippen LogP contribution in [0.3, 0.4) is 0 Å². The van der Waals surface area contributed by atoms with Gasteiger partial charge in [0.2, 0.25) is 0 Å². The van der Waals surface area contributed by atoms with Gasteiger partial charge in [-0.25, -0.2) is 4.79 Å². The second-order valence-electron chi connectivity index (χ2n) is 6.67. The monoisotopic (exact) mass is 456 g/mol. The van der Waals surface area contributed by atoms with E-state index in [1.807, 2.05) is 0 Å². The summed E-state index contributed by atoms with van der Waals surface area (Å²) in [6.07, 6.45) is -4.58. The average Bonchev–Trinajstić information content (AvgIpc) is 3.23. The Labute approximate surface area is 179 Å². The number of carbonyl (C=O) groups excluding carboxylic acids is 3. The summed E-state index contributed by atoms with van der Waals surface area (Å²) in [7, 11) is 0. The largest absolute Gasteiger partial charge is 0.451 e. The number of nitrogens with one attached hydrogen (secondary N) is 1. The number of carbonyl (C=O) groups is 3. The van der Waals surface area contributed by atoms with Crippen LogP contribution in [0.2, 0.25) is 0 Å². The highest BCUT2D eigenvalue weighted by molar-refractivity contribution is 7.15. The van der Waals surface area contributed by atoms with Crippen molar-refractivity contribution in [2.45, 2.75) is 13.1 Å². The van der Waals surface area contributed by atoms with Crippen molar-refractivity contribution >= 4 is 40.4 Å². The number of morpholine rings is 1. The highest BCUT2D eigenvalue weighted by Gasteiger charge is 2.32. The van der Waals surface area contributed by atoms with Crippen molar-refractivity contribution in [2.75, 3.05) is 43.1 Å². The molecule has 1 aromatic heterocycles. The van der Waals surface area contributed by atoms with Crippen LogP contribution in [0.5, 0.6) is 0 Å². The van der Waals surface area contributed by atoms with Gasteiger partial charge in [0.05, 0.1) is 35.0 Å². The normalized spacial score (nSPS) is 14.3. The number of amides is 1. The molecule has 3 rings (SSSR count). The van der Waals surface area contributed by atoms with E-state index in [2.05, 4.69) is 5.32 Å². The number of hydrogen-bond acceptors (Lipinski definition) is 7. The molecule has 31 heavy (non-hydrogen) atoms. The lowest BCUT2D eigenvalue weighted by Gasteiger charge is -2.31. The smallest absolute Gasteiger partial charge is 0.416 e. The number of nitrogens with zero attached hydrogens (tertiary/aromatic N) is 1. The third-order valence-electron chi connectivity index (χ3n) is 4.44. The summed E-state index contributed by atoms with van der Waals surface area (Å²) in [5, 5.41) is 2.40. The van der Waals surface area contributed by atoms with Crippen molar-refractivity contribution in [3.05, 3.63) is 45.6 Å². The van der Waals surface area contributed by atoms with Gasteiger partial charge in [0, 0.05) is 13.1 Å². The Bertz CT molecular complexity index is 983. The van der Waals surface area contributed by atoms with Crippen molar-refractivity contribution in [1.82, 2.24) is 0 Å². The quantitative estimate of drug-likeness (QED) is 0.528. The number of Topliss-reactive ketones (excluding diaryl/α,β-unsaturated/α-hetero) is 1. The second kappa shape index (κ2) is 9.48. The molecule has 1 aliphatic heterocycles. The number of esters is 1. The molecule has 0 radical (unpaired) electrons. The predicted octanol–water partition coefficient (Wildman–Crippen LogP) is 3.60. The second-order valence-corrected chi connectivity index (χ2v) is 7.76. The molecule has 2 heterocycles. The molecule has 1 saturated heterocycles. The molecule has 1 aliphatic rings. The molecule has 2 aromatic rings. The summed E-state index contributed by atoms with van der Waals surface area (Å²) in [4.78, 5) is 38.0. The van der Waals surface area contributed by atoms with Crippen LogP contribution in [0, 0.1) is 0 Å². The average molecular weight is 456 g/mol. The van der Waals surface area contributed by atoms with E-state index < -0.39 is 30.2 Å². The molecule has 166 valence electrons. The lowest BCUT2D eigenvalue weighted by atomic mass is 10.1. The summed E-state index contributed by atoms with van der Waals surface area (Å²) in [6.45, 7) is 2.41. The topological polar surface area (TPSA) is 84.9 Å². The lowest BCUT2D eigenvalue weighted by molar-refractivity contribution is -0.137. The first kappa shape index (κ1) is 22.8. The molecular weight excluding hydrogens is 437 g/mol. The minimum atomic E-state index is -4.58. The Morgan fingerprint density at radius 1 is 1.13 bits per heavy atom. The zero-order valence-electron chi connectivity index (χ0n) is 16.5. The van der Waals surface area contributed by atoms with E-state index in [0.717, 1.165) is 23.5 Å². The maximum absolute atomic E-state index is 13.1. The Balaban J connectivity index is 1.70. The third-order valence-corrected chi connectivity index (χ3v) is 5.60. The van der Waals surface area contributed by atoms with E-state index in [9.17, 15) is 27.6 Å². The van der Waals surface area contributed by atoms with Gasteiger partial charge < -0.3 is 19.7 Å². The molecule has 1 fully saturated rings. The van der Waals surface area contributed by atoms with Gasteiger partial charge in [-0.1, -0.05) is 0 Å². The summed E-state index contributed by atoms with van der Waals surface area (Å²) < 4.78 is 49.6. The van der Waals surface area contributed by atoms with E-state index in [4.69, 9.17) is 9.47 Å². The number of alkyl halides is 3. The zero-order chi connectivity index (χ0) is 22.6. The Hall–Kier alpha value is -2.92. The van der Waals surface area contributed by atoms with Crippen molar-refractivity contribution in [3.8, 4) is 0 Å². The number of ether oxygens (including phenoxy) is 2. The Morgan fingerprint density at radius 3 is 2.42 bits per heavy atom. The summed E-state index contributed by atoms with van der Waals surface area (Å²) in [5.41, 5.74) is -0.528. The summed E-state index contributed by atoms with van der Waals surface area (Å²) >= 11 is 0.931. The third kappa shape index (κ3) is 5.82. The highest BCUT2D eigenvalue weighted by Crippen LogP contribution is 2.35. The molecular formula is C20H19F3N2O5S. The first-order valence-corrected chi connectivity index (χ1v) is 10.1. The van der Waals surface area contributed by atoms with E-state index in [1.165, 1.54) is 25.1 Å². The predicted molar refractivity (Wildman–Crippen MR) is 108 cm³/mol. The molecule has 0 bridgehead atoms. The number of rotatable bonds is 6. The number of thiophene rings is 1. The van der Waals surface area contributed by atoms with Crippen LogP contribution in [0.1, 0.15) is 31.8 Å². The van der Waals surface area contributed by atoms with E-state index in [-0.39, 0.29) is 16.3 Å². The van der Waals surface area contributed by atoms with Gasteiger partial charge in [0.1, 0.15) is 4.88 Å². The van der Waals surface area contributed by atoms with E-state index in [1.54, 1.807) is 4.90 Å². The Kier molecular flexibility index (Phi) is 6.96. The van der Waals surface area contributed by atoms with Crippen molar-refractivity contribution in [3.63, 3.8) is 0 Å².